The van der Waals surface area contributed by atoms with Gasteiger partial charge in [-0.25, -0.2) is 4.79 Å². The third-order valence-electron chi connectivity index (χ3n) is 3.11. The summed E-state index contributed by atoms with van der Waals surface area (Å²) in [7, 11) is 0. The lowest BCUT2D eigenvalue weighted by Gasteiger charge is -2.17. The van der Waals surface area contributed by atoms with Crippen LogP contribution in [0.1, 0.15) is 13.8 Å². The zero-order valence-electron chi connectivity index (χ0n) is 13.8. The standard InChI is InChI=1S/C15H18Cl3N3O4/c1-3-21(8-13(23)20-15(24)25-4-2)7-12(22)19-14-10(17)5-9(16)6-11(14)18/h5-6H,3-4,7-8H2,1-2H3,(H,19,22)(H,20,23,24)/p+1. The van der Waals surface area contributed by atoms with E-state index in [0.29, 0.717) is 16.5 Å². The fraction of sp³-hybridized carbons (Fsp3) is 0.400. The minimum atomic E-state index is -0.813. The van der Waals surface area contributed by atoms with E-state index in [1.165, 1.54) is 12.1 Å². The first-order valence-electron chi connectivity index (χ1n) is 7.51. The van der Waals surface area contributed by atoms with E-state index >= 15 is 0 Å². The van der Waals surface area contributed by atoms with Crippen LogP contribution in [0.3, 0.4) is 0 Å². The Labute approximate surface area is 160 Å². The molecule has 1 aromatic carbocycles. The van der Waals surface area contributed by atoms with Crippen LogP contribution in [0, 0.1) is 0 Å². The second-order valence-electron chi connectivity index (χ2n) is 5.02. The fourth-order valence-electron chi connectivity index (χ4n) is 1.94. The van der Waals surface area contributed by atoms with E-state index < -0.39 is 12.0 Å². The molecule has 1 unspecified atom stereocenters. The Bertz CT molecular complexity index is 632. The van der Waals surface area contributed by atoms with Crippen molar-refractivity contribution in [2.45, 2.75) is 13.8 Å². The molecule has 0 aliphatic carbocycles. The summed E-state index contributed by atoms with van der Waals surface area (Å²) >= 11 is 17.8. The molecule has 1 aromatic rings. The van der Waals surface area contributed by atoms with Crippen LogP contribution in [-0.2, 0) is 14.3 Å². The molecule has 0 aromatic heterocycles. The fourth-order valence-corrected chi connectivity index (χ4v) is 2.85. The maximum atomic E-state index is 12.2. The number of imide groups is 1. The average molecular weight is 412 g/mol. The molecule has 3 N–H and O–H groups in total. The van der Waals surface area contributed by atoms with Crippen LogP contribution >= 0.6 is 34.8 Å². The third kappa shape index (κ3) is 7.48. The first kappa shape index (κ1) is 21.5. The molecule has 7 nitrogen and oxygen atoms in total. The van der Waals surface area contributed by atoms with E-state index in [9.17, 15) is 14.4 Å². The Morgan fingerprint density at radius 1 is 1.04 bits per heavy atom. The molecule has 3 amide bonds. The Morgan fingerprint density at radius 2 is 1.60 bits per heavy atom. The highest BCUT2D eigenvalue weighted by atomic mass is 35.5. The van der Waals surface area contributed by atoms with E-state index in [1.807, 2.05) is 6.92 Å². The predicted molar refractivity (Wildman–Crippen MR) is 96.5 cm³/mol. The van der Waals surface area contributed by atoms with E-state index in [2.05, 4.69) is 15.4 Å². The highest BCUT2D eigenvalue weighted by molar-refractivity contribution is 6.42. The normalized spacial score (nSPS) is 11.6. The number of carbonyl (C=O) groups excluding carboxylic acids is 3. The number of carbonyl (C=O) groups is 3. The van der Waals surface area contributed by atoms with Gasteiger partial charge < -0.3 is 15.0 Å². The molecule has 0 heterocycles. The zero-order valence-corrected chi connectivity index (χ0v) is 16.0. The first-order valence-corrected chi connectivity index (χ1v) is 8.64. The van der Waals surface area contributed by atoms with Crippen molar-refractivity contribution in [2.75, 3.05) is 31.6 Å². The summed E-state index contributed by atoms with van der Waals surface area (Å²) in [4.78, 5) is 35.8. The maximum Gasteiger partial charge on any atom is 0.414 e. The molecule has 0 fully saturated rings. The summed E-state index contributed by atoms with van der Waals surface area (Å²) < 4.78 is 4.62. The molecule has 0 aliphatic heterocycles. The van der Waals surface area contributed by atoms with Crippen LogP contribution in [-0.4, -0.2) is 44.1 Å². The minimum Gasteiger partial charge on any atom is -0.450 e. The molecule has 0 saturated heterocycles. The number of rotatable bonds is 7. The van der Waals surface area contributed by atoms with E-state index in [4.69, 9.17) is 34.8 Å². The van der Waals surface area contributed by atoms with Gasteiger partial charge in [-0.1, -0.05) is 34.8 Å². The smallest absolute Gasteiger partial charge is 0.414 e. The number of alkyl carbamates (subject to hydrolysis) is 1. The number of likely N-dealkylation sites (N-methyl/N-ethyl adjacent to an activating group) is 1. The van der Waals surface area contributed by atoms with Gasteiger partial charge in [-0.05, 0) is 26.0 Å². The largest absolute Gasteiger partial charge is 0.450 e. The summed E-state index contributed by atoms with van der Waals surface area (Å²) in [6.45, 7) is 4.01. The van der Waals surface area contributed by atoms with Gasteiger partial charge in [0.1, 0.15) is 0 Å². The number of benzene rings is 1. The molecule has 138 valence electrons. The number of amides is 3. The lowest BCUT2D eigenvalue weighted by molar-refractivity contribution is -0.881. The number of hydrogen-bond acceptors (Lipinski definition) is 4. The Morgan fingerprint density at radius 3 is 2.12 bits per heavy atom. The molecule has 0 radical (unpaired) electrons. The number of ether oxygens (including phenoxy) is 1. The first-order chi connectivity index (χ1) is 11.8. The highest BCUT2D eigenvalue weighted by Crippen LogP contribution is 2.33. The van der Waals surface area contributed by atoms with Gasteiger partial charge in [0.05, 0.1) is 28.9 Å². The molecule has 1 atom stereocenters. The Hall–Kier alpha value is -1.54. The van der Waals surface area contributed by atoms with Crippen LogP contribution < -0.4 is 15.5 Å². The van der Waals surface area contributed by atoms with Gasteiger partial charge in [-0.2, -0.15) is 0 Å². The van der Waals surface area contributed by atoms with Crippen molar-refractivity contribution in [3.8, 4) is 0 Å². The molecular formula is C15H19Cl3N3O4+. The van der Waals surface area contributed by atoms with Gasteiger partial charge in [0, 0.05) is 5.02 Å². The van der Waals surface area contributed by atoms with Gasteiger partial charge >= 0.3 is 6.09 Å². The van der Waals surface area contributed by atoms with Gasteiger partial charge in [0.2, 0.25) is 0 Å². The van der Waals surface area contributed by atoms with E-state index in [1.54, 1.807) is 6.92 Å². The monoisotopic (exact) mass is 410 g/mol. The van der Waals surface area contributed by atoms with Gasteiger partial charge in [0.25, 0.3) is 11.8 Å². The van der Waals surface area contributed by atoms with Crippen LogP contribution in [0.2, 0.25) is 15.1 Å². The van der Waals surface area contributed by atoms with Crippen LogP contribution in [0.4, 0.5) is 10.5 Å². The van der Waals surface area contributed by atoms with Crippen LogP contribution in [0.5, 0.6) is 0 Å². The molecular weight excluding hydrogens is 393 g/mol. The number of halogens is 3. The molecule has 1 rings (SSSR count). The summed E-state index contributed by atoms with van der Waals surface area (Å²) in [5, 5.41) is 5.46. The number of quaternary nitrogens is 1. The highest BCUT2D eigenvalue weighted by Gasteiger charge is 2.20. The SMILES string of the molecule is CCOC(=O)NC(=O)C[NH+](CC)CC(=O)Nc1c(Cl)cc(Cl)cc1Cl. The van der Waals surface area contributed by atoms with Crippen molar-refractivity contribution in [2.24, 2.45) is 0 Å². The van der Waals surface area contributed by atoms with Crippen LogP contribution in [0.25, 0.3) is 0 Å². The van der Waals surface area contributed by atoms with E-state index in [-0.39, 0.29) is 41.3 Å². The van der Waals surface area contributed by atoms with Crippen molar-refractivity contribution < 1.29 is 24.0 Å². The predicted octanol–water partition coefficient (Wildman–Crippen LogP) is 1.76. The number of nitrogens with one attached hydrogen (secondary N) is 3. The number of hydrogen-bond donors (Lipinski definition) is 3. The summed E-state index contributed by atoms with van der Waals surface area (Å²) in [6, 6.07) is 2.92. The molecule has 0 saturated carbocycles. The van der Waals surface area contributed by atoms with E-state index in [0.717, 1.165) is 0 Å². The number of anilines is 1. The second-order valence-corrected chi connectivity index (χ2v) is 6.27. The minimum absolute atomic E-state index is 0.0119. The van der Waals surface area contributed by atoms with Gasteiger partial charge in [0.15, 0.2) is 13.1 Å². The summed E-state index contributed by atoms with van der Waals surface area (Å²) in [6.07, 6.45) is -0.813. The quantitative estimate of drug-likeness (QED) is 0.638. The second kappa shape index (κ2) is 10.5. The van der Waals surface area contributed by atoms with Crippen molar-refractivity contribution in [1.29, 1.82) is 0 Å². The maximum absolute atomic E-state index is 12.2. The Kier molecular flexibility index (Phi) is 8.99. The van der Waals surface area contributed by atoms with Crippen LogP contribution in [0.15, 0.2) is 12.1 Å². The van der Waals surface area contributed by atoms with Gasteiger partial charge in [-0.3, -0.25) is 14.9 Å². The summed E-state index contributed by atoms with van der Waals surface area (Å²) in [5.41, 5.74) is 0.254. The average Bonchev–Trinajstić information content (AvgIpc) is 2.50. The third-order valence-corrected chi connectivity index (χ3v) is 3.92. The van der Waals surface area contributed by atoms with Crippen molar-refractivity contribution in [1.82, 2.24) is 5.32 Å². The van der Waals surface area contributed by atoms with Crippen molar-refractivity contribution in [3.05, 3.63) is 27.2 Å². The molecule has 0 spiro atoms. The topological polar surface area (TPSA) is 88.9 Å². The Balaban J connectivity index is 2.62. The zero-order chi connectivity index (χ0) is 19.0. The molecule has 0 bridgehead atoms. The van der Waals surface area contributed by atoms with Crippen molar-refractivity contribution >= 4 is 58.4 Å². The lowest BCUT2D eigenvalue weighted by Crippen LogP contribution is -3.14. The van der Waals surface area contributed by atoms with Gasteiger partial charge in [-0.15, -0.1) is 0 Å². The molecule has 0 aliphatic rings. The van der Waals surface area contributed by atoms with Crippen molar-refractivity contribution in [3.63, 3.8) is 0 Å². The molecule has 25 heavy (non-hydrogen) atoms. The molecule has 10 heteroatoms. The summed E-state index contributed by atoms with van der Waals surface area (Å²) in [5.74, 6) is -0.919. The lowest BCUT2D eigenvalue weighted by atomic mass is 10.3.